The van der Waals surface area contributed by atoms with E-state index >= 15 is 0 Å². The lowest BCUT2D eigenvalue weighted by atomic mass is 9.94. The highest BCUT2D eigenvalue weighted by atomic mass is 79.9. The van der Waals surface area contributed by atoms with Gasteiger partial charge in [-0.25, -0.2) is 0 Å². The fourth-order valence-electron chi connectivity index (χ4n) is 2.14. The van der Waals surface area contributed by atoms with Crippen LogP contribution >= 0.6 is 27.3 Å². The van der Waals surface area contributed by atoms with Crippen molar-refractivity contribution in [1.29, 1.82) is 0 Å². The van der Waals surface area contributed by atoms with Crippen LogP contribution in [0, 0.1) is 12.8 Å². The molecule has 2 N–H and O–H groups in total. The van der Waals surface area contributed by atoms with Crippen molar-refractivity contribution in [2.75, 3.05) is 6.61 Å². The molecule has 0 aliphatic carbocycles. The Bertz CT molecular complexity index is 352. The standard InChI is InChI=1S/C11H16BrNOS/c1-6-3-4-14-11(6)10(13)8-5-9(12)15-7(8)2/h5-6,10-11H,3-4,13H2,1-2H3. The highest BCUT2D eigenvalue weighted by molar-refractivity contribution is 9.11. The van der Waals surface area contributed by atoms with Crippen LogP contribution in [0.1, 0.15) is 29.8 Å². The van der Waals surface area contributed by atoms with E-state index in [1.54, 1.807) is 11.3 Å². The summed E-state index contributed by atoms with van der Waals surface area (Å²) in [6.07, 6.45) is 1.31. The zero-order valence-electron chi connectivity index (χ0n) is 9.00. The Hall–Kier alpha value is 0.1000. The molecule has 3 atom stereocenters. The molecule has 1 aliphatic rings. The lowest BCUT2D eigenvalue weighted by molar-refractivity contribution is 0.0724. The molecule has 0 spiro atoms. The van der Waals surface area contributed by atoms with Gasteiger partial charge in [0, 0.05) is 11.5 Å². The predicted molar refractivity (Wildman–Crippen MR) is 67.2 cm³/mol. The smallest absolute Gasteiger partial charge is 0.0794 e. The van der Waals surface area contributed by atoms with Gasteiger partial charge in [-0.2, -0.15) is 0 Å². The van der Waals surface area contributed by atoms with E-state index in [0.717, 1.165) is 16.8 Å². The number of thiophene rings is 1. The summed E-state index contributed by atoms with van der Waals surface area (Å²) in [4.78, 5) is 1.29. The van der Waals surface area contributed by atoms with Crippen LogP contribution < -0.4 is 5.73 Å². The Morgan fingerprint density at radius 1 is 1.67 bits per heavy atom. The first-order valence-corrected chi connectivity index (χ1v) is 6.83. The molecule has 1 aromatic heterocycles. The van der Waals surface area contributed by atoms with Crippen molar-refractivity contribution in [2.24, 2.45) is 11.7 Å². The van der Waals surface area contributed by atoms with Gasteiger partial charge < -0.3 is 10.5 Å². The zero-order chi connectivity index (χ0) is 11.0. The van der Waals surface area contributed by atoms with Crippen LogP contribution in [0.3, 0.4) is 0 Å². The lowest BCUT2D eigenvalue weighted by Gasteiger charge is -2.22. The minimum Gasteiger partial charge on any atom is -0.376 e. The molecule has 2 heterocycles. The van der Waals surface area contributed by atoms with Crippen LogP contribution in [-0.4, -0.2) is 12.7 Å². The topological polar surface area (TPSA) is 35.2 Å². The third-order valence-corrected chi connectivity index (χ3v) is 4.65. The molecule has 1 aromatic rings. The molecule has 3 unspecified atom stereocenters. The average molecular weight is 290 g/mol. The van der Waals surface area contributed by atoms with Gasteiger partial charge in [-0.1, -0.05) is 6.92 Å². The van der Waals surface area contributed by atoms with Crippen molar-refractivity contribution in [3.8, 4) is 0 Å². The third kappa shape index (κ3) is 2.28. The first-order valence-electron chi connectivity index (χ1n) is 5.22. The van der Waals surface area contributed by atoms with Crippen LogP contribution in [-0.2, 0) is 4.74 Å². The summed E-state index contributed by atoms with van der Waals surface area (Å²) < 4.78 is 6.86. The van der Waals surface area contributed by atoms with Gasteiger partial charge in [-0.15, -0.1) is 11.3 Å². The van der Waals surface area contributed by atoms with E-state index in [-0.39, 0.29) is 12.1 Å². The van der Waals surface area contributed by atoms with Gasteiger partial charge in [0.1, 0.15) is 0 Å². The first kappa shape index (κ1) is 11.6. The molecule has 1 fully saturated rings. The average Bonchev–Trinajstić information content (AvgIpc) is 2.71. The Morgan fingerprint density at radius 3 is 2.87 bits per heavy atom. The van der Waals surface area contributed by atoms with Gasteiger partial charge in [0.15, 0.2) is 0 Å². The van der Waals surface area contributed by atoms with E-state index in [2.05, 4.69) is 35.8 Å². The second-order valence-corrected chi connectivity index (χ2v) is 6.82. The summed E-state index contributed by atoms with van der Waals surface area (Å²) in [7, 11) is 0. The fourth-order valence-corrected chi connectivity index (χ4v) is 3.91. The number of hydrogen-bond acceptors (Lipinski definition) is 3. The molecular formula is C11H16BrNOS. The van der Waals surface area contributed by atoms with E-state index in [0.29, 0.717) is 5.92 Å². The Labute approximate surface area is 103 Å². The van der Waals surface area contributed by atoms with Gasteiger partial charge >= 0.3 is 0 Å². The maximum atomic E-state index is 6.27. The molecule has 4 heteroatoms. The van der Waals surface area contributed by atoms with Crippen molar-refractivity contribution >= 4 is 27.3 Å². The Morgan fingerprint density at radius 2 is 2.40 bits per heavy atom. The molecule has 0 radical (unpaired) electrons. The van der Waals surface area contributed by atoms with E-state index in [1.165, 1.54) is 10.4 Å². The van der Waals surface area contributed by atoms with E-state index in [1.807, 2.05) is 0 Å². The molecule has 0 amide bonds. The maximum absolute atomic E-state index is 6.27. The molecule has 15 heavy (non-hydrogen) atoms. The quantitative estimate of drug-likeness (QED) is 0.907. The number of ether oxygens (including phenoxy) is 1. The van der Waals surface area contributed by atoms with Crippen LogP contribution in [0.25, 0.3) is 0 Å². The van der Waals surface area contributed by atoms with Crippen molar-refractivity contribution in [3.63, 3.8) is 0 Å². The number of halogens is 1. The summed E-state index contributed by atoms with van der Waals surface area (Å²) in [5, 5.41) is 0. The van der Waals surface area contributed by atoms with Crippen molar-refractivity contribution in [1.82, 2.24) is 0 Å². The van der Waals surface area contributed by atoms with E-state index in [9.17, 15) is 0 Å². The van der Waals surface area contributed by atoms with E-state index in [4.69, 9.17) is 10.5 Å². The minimum atomic E-state index is 0.0186. The molecule has 1 saturated heterocycles. The van der Waals surface area contributed by atoms with Gasteiger partial charge in [-0.05, 0) is 46.8 Å². The van der Waals surface area contributed by atoms with Crippen LogP contribution in [0.5, 0.6) is 0 Å². The van der Waals surface area contributed by atoms with Gasteiger partial charge in [0.25, 0.3) is 0 Å². The fraction of sp³-hybridized carbons (Fsp3) is 0.636. The molecule has 1 aliphatic heterocycles. The number of hydrogen-bond donors (Lipinski definition) is 1. The molecule has 0 aromatic carbocycles. The minimum absolute atomic E-state index is 0.0186. The molecule has 84 valence electrons. The Kier molecular flexibility index (Phi) is 3.50. The van der Waals surface area contributed by atoms with Crippen LogP contribution in [0.15, 0.2) is 9.85 Å². The van der Waals surface area contributed by atoms with Crippen LogP contribution in [0.4, 0.5) is 0 Å². The summed E-state index contributed by atoms with van der Waals surface area (Å²) >= 11 is 5.24. The lowest BCUT2D eigenvalue weighted by Crippen LogP contribution is -2.29. The second kappa shape index (κ2) is 4.53. The summed E-state index contributed by atoms with van der Waals surface area (Å²) in [5.74, 6) is 0.568. The number of nitrogens with two attached hydrogens (primary N) is 1. The molecule has 0 saturated carbocycles. The molecular weight excluding hydrogens is 274 g/mol. The molecule has 0 bridgehead atoms. The van der Waals surface area contributed by atoms with Crippen molar-refractivity contribution in [2.45, 2.75) is 32.4 Å². The second-order valence-electron chi connectivity index (χ2n) is 4.19. The van der Waals surface area contributed by atoms with Crippen LogP contribution in [0.2, 0.25) is 0 Å². The molecule has 2 rings (SSSR count). The highest BCUT2D eigenvalue weighted by Gasteiger charge is 2.31. The van der Waals surface area contributed by atoms with Gasteiger partial charge in [-0.3, -0.25) is 0 Å². The number of aryl methyl sites for hydroxylation is 1. The predicted octanol–water partition coefficient (Wildman–Crippen LogP) is 3.24. The largest absolute Gasteiger partial charge is 0.376 e. The molecule has 2 nitrogen and oxygen atoms in total. The van der Waals surface area contributed by atoms with Gasteiger partial charge in [0.2, 0.25) is 0 Å². The summed E-state index contributed by atoms with van der Waals surface area (Å²) in [6, 6.07) is 2.14. The normalized spacial score (nSPS) is 28.3. The first-order chi connectivity index (χ1) is 7.09. The van der Waals surface area contributed by atoms with E-state index < -0.39 is 0 Å². The number of rotatable bonds is 2. The monoisotopic (exact) mass is 289 g/mol. The summed E-state index contributed by atoms with van der Waals surface area (Å²) in [5.41, 5.74) is 7.49. The van der Waals surface area contributed by atoms with Crippen molar-refractivity contribution in [3.05, 3.63) is 20.3 Å². The maximum Gasteiger partial charge on any atom is 0.0794 e. The van der Waals surface area contributed by atoms with Crippen molar-refractivity contribution < 1.29 is 4.74 Å². The Balaban J connectivity index is 2.19. The van der Waals surface area contributed by atoms with Gasteiger partial charge in [0.05, 0.1) is 15.9 Å². The zero-order valence-corrected chi connectivity index (χ0v) is 11.4. The third-order valence-electron chi connectivity index (χ3n) is 3.08. The highest BCUT2D eigenvalue weighted by Crippen LogP contribution is 2.35. The summed E-state index contributed by atoms with van der Waals surface area (Å²) in [6.45, 7) is 5.18. The SMILES string of the molecule is Cc1sc(Br)cc1C(N)C1OCCC1C.